The molecular formula is C19H20N4O3. The van der Waals surface area contributed by atoms with E-state index in [1.165, 1.54) is 0 Å². The first-order valence-electron chi connectivity index (χ1n) is 8.26. The summed E-state index contributed by atoms with van der Waals surface area (Å²) in [7, 11) is 3.19. The molecule has 2 heterocycles. The third-order valence-electron chi connectivity index (χ3n) is 3.91. The smallest absolute Gasteiger partial charge is 0.226 e. The molecule has 3 rings (SSSR count). The van der Waals surface area contributed by atoms with E-state index in [4.69, 9.17) is 9.47 Å². The molecule has 0 spiro atoms. The minimum Gasteiger partial charge on any atom is -0.493 e. The van der Waals surface area contributed by atoms with Crippen LogP contribution in [0.15, 0.2) is 36.7 Å². The number of likely N-dealkylation sites (N-methyl/N-ethyl adjacent to an activating group) is 1. The van der Waals surface area contributed by atoms with Crippen LogP contribution in [0.4, 0.5) is 0 Å². The average Bonchev–Trinajstić information content (AvgIpc) is 2.67. The molecule has 134 valence electrons. The molecule has 0 fully saturated rings. The molecule has 0 saturated carbocycles. The number of fused-ring (bicyclic) bond motifs is 1. The lowest BCUT2D eigenvalue weighted by Gasteiger charge is -2.11. The van der Waals surface area contributed by atoms with Gasteiger partial charge in [-0.3, -0.25) is 4.79 Å². The van der Waals surface area contributed by atoms with Crippen molar-refractivity contribution < 1.29 is 14.3 Å². The summed E-state index contributed by atoms with van der Waals surface area (Å²) >= 11 is 0. The normalized spacial score (nSPS) is 10.6. The molecule has 7 heteroatoms. The van der Waals surface area contributed by atoms with E-state index in [2.05, 4.69) is 20.3 Å². The molecule has 0 radical (unpaired) electrons. The Morgan fingerprint density at radius 1 is 1.12 bits per heavy atom. The van der Waals surface area contributed by atoms with Crippen LogP contribution in [0, 0.1) is 0 Å². The lowest BCUT2D eigenvalue weighted by Crippen LogP contribution is -2.24. The highest BCUT2D eigenvalue weighted by atomic mass is 16.5. The third-order valence-corrected chi connectivity index (χ3v) is 3.91. The standard InChI is InChI=1S/C19H20N4O3/c1-4-20-17(24)10-13-11-22-19-18(23-13)14(7-8-21-19)12-5-6-15(25-2)16(9-12)26-3/h5-9,11H,4,10H2,1-3H3,(H,20,24). The number of benzene rings is 1. The fraction of sp³-hybridized carbons (Fsp3) is 0.263. The quantitative estimate of drug-likeness (QED) is 0.733. The first kappa shape index (κ1) is 17.6. The van der Waals surface area contributed by atoms with Gasteiger partial charge < -0.3 is 14.8 Å². The van der Waals surface area contributed by atoms with Gasteiger partial charge in [-0.2, -0.15) is 0 Å². The summed E-state index contributed by atoms with van der Waals surface area (Å²) < 4.78 is 10.7. The van der Waals surface area contributed by atoms with Crippen molar-refractivity contribution in [1.29, 1.82) is 0 Å². The van der Waals surface area contributed by atoms with E-state index in [9.17, 15) is 4.79 Å². The molecule has 0 aliphatic heterocycles. The number of carbonyl (C=O) groups is 1. The number of hydrogen-bond donors (Lipinski definition) is 1. The number of rotatable bonds is 6. The number of methoxy groups -OCH3 is 2. The number of ether oxygens (including phenoxy) is 2. The van der Waals surface area contributed by atoms with Gasteiger partial charge in [0.1, 0.15) is 5.52 Å². The molecule has 0 saturated heterocycles. The lowest BCUT2D eigenvalue weighted by atomic mass is 10.0. The van der Waals surface area contributed by atoms with Crippen LogP contribution in [-0.2, 0) is 11.2 Å². The van der Waals surface area contributed by atoms with E-state index in [1.54, 1.807) is 26.6 Å². The third kappa shape index (κ3) is 3.56. The predicted octanol–water partition coefficient (Wildman–Crippen LogP) is 2.39. The van der Waals surface area contributed by atoms with E-state index in [1.807, 2.05) is 31.2 Å². The molecule has 1 N–H and O–H groups in total. The van der Waals surface area contributed by atoms with Crippen LogP contribution in [0.5, 0.6) is 11.5 Å². The Hall–Kier alpha value is -3.22. The Morgan fingerprint density at radius 2 is 1.92 bits per heavy atom. The van der Waals surface area contributed by atoms with Gasteiger partial charge in [0, 0.05) is 18.3 Å². The molecule has 0 atom stereocenters. The van der Waals surface area contributed by atoms with Crippen molar-refractivity contribution in [3.05, 3.63) is 42.4 Å². The van der Waals surface area contributed by atoms with E-state index in [-0.39, 0.29) is 12.3 Å². The number of pyridine rings is 1. The molecule has 0 aliphatic rings. The Morgan fingerprint density at radius 3 is 2.65 bits per heavy atom. The van der Waals surface area contributed by atoms with Gasteiger partial charge in [-0.1, -0.05) is 6.07 Å². The maximum Gasteiger partial charge on any atom is 0.226 e. The summed E-state index contributed by atoms with van der Waals surface area (Å²) in [6.45, 7) is 2.46. The second-order valence-electron chi connectivity index (χ2n) is 5.59. The summed E-state index contributed by atoms with van der Waals surface area (Å²) in [6, 6.07) is 7.51. The van der Waals surface area contributed by atoms with Crippen molar-refractivity contribution in [1.82, 2.24) is 20.3 Å². The summed E-state index contributed by atoms with van der Waals surface area (Å²) in [5.74, 6) is 1.19. The van der Waals surface area contributed by atoms with Crippen LogP contribution in [0.25, 0.3) is 22.3 Å². The Bertz CT molecular complexity index is 943. The molecule has 3 aromatic rings. The van der Waals surface area contributed by atoms with Gasteiger partial charge in [0.15, 0.2) is 17.1 Å². The largest absolute Gasteiger partial charge is 0.493 e. The Kier molecular flexibility index (Phi) is 5.26. The van der Waals surface area contributed by atoms with Gasteiger partial charge in [-0.25, -0.2) is 15.0 Å². The number of carbonyl (C=O) groups excluding carboxylic acids is 1. The molecule has 26 heavy (non-hydrogen) atoms. The number of amides is 1. The van der Waals surface area contributed by atoms with Crippen molar-refractivity contribution >= 4 is 17.1 Å². The molecule has 0 bridgehead atoms. The summed E-state index contributed by atoms with van der Waals surface area (Å²) in [5, 5.41) is 2.76. The van der Waals surface area contributed by atoms with Crippen molar-refractivity contribution in [3.8, 4) is 22.6 Å². The highest BCUT2D eigenvalue weighted by molar-refractivity contribution is 5.90. The topological polar surface area (TPSA) is 86.2 Å². The van der Waals surface area contributed by atoms with Gasteiger partial charge in [-0.05, 0) is 30.7 Å². The highest BCUT2D eigenvalue weighted by Gasteiger charge is 2.13. The zero-order valence-electron chi connectivity index (χ0n) is 14.9. The monoisotopic (exact) mass is 352 g/mol. The van der Waals surface area contributed by atoms with Crippen molar-refractivity contribution in [2.75, 3.05) is 20.8 Å². The number of nitrogens with one attached hydrogen (secondary N) is 1. The molecule has 2 aromatic heterocycles. The van der Waals surface area contributed by atoms with E-state index in [0.717, 1.165) is 11.1 Å². The van der Waals surface area contributed by atoms with Gasteiger partial charge in [0.25, 0.3) is 0 Å². The van der Waals surface area contributed by atoms with E-state index >= 15 is 0 Å². The minimum absolute atomic E-state index is 0.0855. The Balaban J connectivity index is 2.07. The molecule has 0 aliphatic carbocycles. The van der Waals surface area contributed by atoms with Gasteiger partial charge in [0.05, 0.1) is 32.5 Å². The van der Waals surface area contributed by atoms with Crippen LogP contribution in [0.3, 0.4) is 0 Å². The van der Waals surface area contributed by atoms with Crippen LogP contribution in [0.2, 0.25) is 0 Å². The van der Waals surface area contributed by atoms with Crippen molar-refractivity contribution in [2.24, 2.45) is 0 Å². The summed E-state index contributed by atoms with van der Waals surface area (Å²) in [5.41, 5.74) is 3.53. The lowest BCUT2D eigenvalue weighted by molar-refractivity contribution is -0.120. The average molecular weight is 352 g/mol. The first-order valence-corrected chi connectivity index (χ1v) is 8.26. The minimum atomic E-state index is -0.0855. The predicted molar refractivity (Wildman–Crippen MR) is 98.3 cm³/mol. The Labute approximate surface area is 151 Å². The fourth-order valence-electron chi connectivity index (χ4n) is 2.70. The maximum absolute atomic E-state index is 11.8. The number of aromatic nitrogens is 3. The zero-order valence-corrected chi connectivity index (χ0v) is 14.9. The van der Waals surface area contributed by atoms with Gasteiger partial charge >= 0.3 is 0 Å². The maximum atomic E-state index is 11.8. The van der Waals surface area contributed by atoms with Gasteiger partial charge in [0.2, 0.25) is 5.91 Å². The summed E-state index contributed by atoms with van der Waals surface area (Å²) in [6.07, 6.45) is 3.45. The van der Waals surface area contributed by atoms with Crippen LogP contribution < -0.4 is 14.8 Å². The van der Waals surface area contributed by atoms with E-state index in [0.29, 0.717) is 34.9 Å². The molecule has 7 nitrogen and oxygen atoms in total. The first-order chi connectivity index (χ1) is 12.7. The second-order valence-corrected chi connectivity index (χ2v) is 5.59. The number of hydrogen-bond acceptors (Lipinski definition) is 6. The zero-order chi connectivity index (χ0) is 18.5. The highest BCUT2D eigenvalue weighted by Crippen LogP contribution is 2.34. The SMILES string of the molecule is CCNC(=O)Cc1cnc2nccc(-c3ccc(OC)c(OC)c3)c2n1. The van der Waals surface area contributed by atoms with Gasteiger partial charge in [-0.15, -0.1) is 0 Å². The van der Waals surface area contributed by atoms with Crippen molar-refractivity contribution in [2.45, 2.75) is 13.3 Å². The molecule has 1 aromatic carbocycles. The molecular weight excluding hydrogens is 332 g/mol. The van der Waals surface area contributed by atoms with E-state index < -0.39 is 0 Å². The summed E-state index contributed by atoms with van der Waals surface area (Å²) in [4.78, 5) is 25.1. The van der Waals surface area contributed by atoms with Crippen LogP contribution in [0.1, 0.15) is 12.6 Å². The van der Waals surface area contributed by atoms with Crippen LogP contribution in [-0.4, -0.2) is 41.6 Å². The molecule has 1 amide bonds. The second kappa shape index (κ2) is 7.77. The van der Waals surface area contributed by atoms with Crippen molar-refractivity contribution in [3.63, 3.8) is 0 Å². The fourth-order valence-corrected chi connectivity index (χ4v) is 2.70. The molecule has 0 unspecified atom stereocenters. The number of nitrogens with zero attached hydrogens (tertiary/aromatic N) is 3. The van der Waals surface area contributed by atoms with Crippen LogP contribution >= 0.6 is 0 Å².